The maximum Gasteiger partial charge on any atom is 0.282 e. The van der Waals surface area contributed by atoms with Gasteiger partial charge in [-0.25, -0.2) is 4.68 Å². The normalized spacial score (nSPS) is 10.4. The lowest BCUT2D eigenvalue weighted by Gasteiger charge is -2.04. The predicted octanol–water partition coefficient (Wildman–Crippen LogP) is 1.89. The van der Waals surface area contributed by atoms with E-state index < -0.39 is 0 Å². The van der Waals surface area contributed by atoms with Gasteiger partial charge < -0.3 is 5.11 Å². The summed E-state index contributed by atoms with van der Waals surface area (Å²) >= 11 is 0. The molecule has 1 aromatic heterocycles. The fourth-order valence-electron chi connectivity index (χ4n) is 1.60. The molecule has 4 heteroatoms. The zero-order chi connectivity index (χ0) is 11.7. The number of benzene rings is 1. The number of hydrogen-bond donors (Lipinski definition) is 1. The van der Waals surface area contributed by atoms with Crippen molar-refractivity contribution in [3.05, 3.63) is 47.3 Å². The fourth-order valence-corrected chi connectivity index (χ4v) is 1.60. The Morgan fingerprint density at radius 3 is 2.56 bits per heavy atom. The molecule has 0 fully saturated rings. The van der Waals surface area contributed by atoms with Gasteiger partial charge in [-0.2, -0.15) is 5.10 Å². The minimum atomic E-state index is -0.316. The highest BCUT2D eigenvalue weighted by Gasteiger charge is 2.15. The van der Waals surface area contributed by atoms with Crippen molar-refractivity contribution in [2.24, 2.45) is 0 Å². The first-order chi connectivity index (χ1) is 7.59. The summed E-state index contributed by atoms with van der Waals surface area (Å²) in [5, 5.41) is 13.7. The quantitative estimate of drug-likeness (QED) is 0.792. The number of hydrogen-bond acceptors (Lipinski definition) is 3. The van der Waals surface area contributed by atoms with E-state index in [0.717, 1.165) is 11.4 Å². The van der Waals surface area contributed by atoms with Gasteiger partial charge in [0.25, 0.3) is 5.91 Å². The zero-order valence-electron chi connectivity index (χ0n) is 9.14. The number of carbonyl (C=O) groups is 1. The minimum Gasteiger partial charge on any atom is -0.507 e. The van der Waals surface area contributed by atoms with Crippen LogP contribution in [0.5, 0.6) is 5.75 Å². The molecular formula is C12H12N2O2. The van der Waals surface area contributed by atoms with Crippen LogP contribution in [0.3, 0.4) is 0 Å². The van der Waals surface area contributed by atoms with Gasteiger partial charge in [0.05, 0.1) is 11.3 Å². The lowest BCUT2D eigenvalue weighted by Crippen LogP contribution is -2.15. The van der Waals surface area contributed by atoms with Crippen LogP contribution in [0, 0.1) is 13.8 Å². The second-order valence-corrected chi connectivity index (χ2v) is 3.66. The maximum absolute atomic E-state index is 12.0. The van der Waals surface area contributed by atoms with Gasteiger partial charge in [-0.3, -0.25) is 4.79 Å². The summed E-state index contributed by atoms with van der Waals surface area (Å²) < 4.78 is 1.30. The molecule has 0 aliphatic heterocycles. The number of carbonyl (C=O) groups excluding carboxylic acids is 1. The number of aryl methyl sites for hydroxylation is 2. The van der Waals surface area contributed by atoms with Crippen molar-refractivity contribution in [1.82, 2.24) is 9.78 Å². The first-order valence-corrected chi connectivity index (χ1v) is 4.95. The summed E-state index contributed by atoms with van der Waals surface area (Å²) in [6.07, 6.45) is 0. The molecule has 0 aliphatic rings. The minimum absolute atomic E-state index is 0.0277. The molecule has 0 amide bonds. The summed E-state index contributed by atoms with van der Waals surface area (Å²) in [4.78, 5) is 12.0. The first kappa shape index (κ1) is 10.4. The summed E-state index contributed by atoms with van der Waals surface area (Å²) in [6.45, 7) is 3.62. The van der Waals surface area contributed by atoms with E-state index in [1.54, 1.807) is 25.1 Å². The van der Waals surface area contributed by atoms with Crippen LogP contribution in [0.2, 0.25) is 0 Å². The van der Waals surface area contributed by atoms with Gasteiger partial charge in [0.1, 0.15) is 5.75 Å². The van der Waals surface area contributed by atoms with Gasteiger partial charge in [-0.05, 0) is 32.0 Å². The molecule has 1 heterocycles. The van der Waals surface area contributed by atoms with Crippen molar-refractivity contribution in [3.63, 3.8) is 0 Å². The third-order valence-electron chi connectivity index (χ3n) is 2.34. The van der Waals surface area contributed by atoms with Gasteiger partial charge in [0.2, 0.25) is 0 Å². The largest absolute Gasteiger partial charge is 0.507 e. The van der Waals surface area contributed by atoms with Crippen molar-refractivity contribution < 1.29 is 9.90 Å². The molecule has 0 radical (unpaired) electrons. The van der Waals surface area contributed by atoms with Crippen LogP contribution in [0.1, 0.15) is 21.7 Å². The van der Waals surface area contributed by atoms with Crippen LogP contribution >= 0.6 is 0 Å². The molecular weight excluding hydrogens is 204 g/mol. The molecule has 1 N–H and O–H groups in total. The predicted molar refractivity (Wildman–Crippen MR) is 59.5 cm³/mol. The Bertz CT molecular complexity index is 544. The van der Waals surface area contributed by atoms with Crippen LogP contribution in [-0.4, -0.2) is 20.8 Å². The lowest BCUT2D eigenvalue weighted by molar-refractivity contribution is 0.0939. The van der Waals surface area contributed by atoms with Crippen molar-refractivity contribution >= 4 is 5.91 Å². The van der Waals surface area contributed by atoms with E-state index in [4.69, 9.17) is 0 Å². The van der Waals surface area contributed by atoms with E-state index in [1.165, 1.54) is 10.7 Å². The van der Waals surface area contributed by atoms with Crippen LogP contribution in [0.4, 0.5) is 0 Å². The Kier molecular flexibility index (Phi) is 2.48. The van der Waals surface area contributed by atoms with Crippen molar-refractivity contribution in [2.75, 3.05) is 0 Å². The number of nitrogens with zero attached hydrogens (tertiary/aromatic N) is 2. The summed E-state index contributed by atoms with van der Waals surface area (Å²) in [6, 6.07) is 8.26. The number of para-hydroxylation sites is 1. The topological polar surface area (TPSA) is 55.1 Å². The van der Waals surface area contributed by atoms with Gasteiger partial charge in [0.15, 0.2) is 0 Å². The van der Waals surface area contributed by atoms with E-state index in [9.17, 15) is 9.90 Å². The Hall–Kier alpha value is -2.10. The van der Waals surface area contributed by atoms with Crippen LogP contribution in [0.25, 0.3) is 0 Å². The molecule has 2 rings (SSSR count). The van der Waals surface area contributed by atoms with Crippen LogP contribution < -0.4 is 0 Å². The maximum atomic E-state index is 12.0. The average Bonchev–Trinajstić information content (AvgIpc) is 2.58. The molecule has 4 nitrogen and oxygen atoms in total. The summed E-state index contributed by atoms with van der Waals surface area (Å²) in [7, 11) is 0. The van der Waals surface area contributed by atoms with E-state index in [2.05, 4.69) is 5.10 Å². The van der Waals surface area contributed by atoms with Gasteiger partial charge >= 0.3 is 0 Å². The van der Waals surface area contributed by atoms with Crippen molar-refractivity contribution in [2.45, 2.75) is 13.8 Å². The third-order valence-corrected chi connectivity index (χ3v) is 2.34. The first-order valence-electron chi connectivity index (χ1n) is 4.95. The number of aromatic hydroxyl groups is 1. The highest BCUT2D eigenvalue weighted by Crippen LogP contribution is 2.17. The molecule has 0 aliphatic carbocycles. The highest BCUT2D eigenvalue weighted by molar-refractivity contribution is 5.98. The van der Waals surface area contributed by atoms with Gasteiger partial charge in [-0.1, -0.05) is 12.1 Å². The van der Waals surface area contributed by atoms with E-state index in [0.29, 0.717) is 0 Å². The molecule has 2 aromatic rings. The second kappa shape index (κ2) is 3.81. The lowest BCUT2D eigenvalue weighted by atomic mass is 10.2. The Morgan fingerprint density at radius 2 is 2.00 bits per heavy atom. The Morgan fingerprint density at radius 1 is 1.31 bits per heavy atom. The van der Waals surface area contributed by atoms with Gasteiger partial charge in [-0.15, -0.1) is 0 Å². The van der Waals surface area contributed by atoms with Crippen molar-refractivity contribution in [1.29, 1.82) is 0 Å². The molecule has 0 atom stereocenters. The smallest absolute Gasteiger partial charge is 0.282 e. The number of aromatic nitrogens is 2. The molecule has 1 aromatic carbocycles. The van der Waals surface area contributed by atoms with Gasteiger partial charge in [0, 0.05) is 5.69 Å². The Balaban J connectivity index is 2.47. The number of phenols is 1. The molecule has 0 spiro atoms. The SMILES string of the molecule is Cc1cc(C)n(C(=O)c2ccccc2O)n1. The highest BCUT2D eigenvalue weighted by atomic mass is 16.3. The number of phenolic OH excluding ortho intramolecular Hbond substituents is 1. The zero-order valence-corrected chi connectivity index (χ0v) is 9.14. The van der Waals surface area contributed by atoms with E-state index in [-0.39, 0.29) is 17.2 Å². The average molecular weight is 216 g/mol. The monoisotopic (exact) mass is 216 g/mol. The van der Waals surface area contributed by atoms with Crippen LogP contribution in [-0.2, 0) is 0 Å². The standard InChI is InChI=1S/C12H12N2O2/c1-8-7-9(2)14(13-8)12(16)10-5-3-4-6-11(10)15/h3-7,15H,1-2H3. The fraction of sp³-hybridized carbons (Fsp3) is 0.167. The Labute approximate surface area is 93.1 Å². The number of rotatable bonds is 1. The van der Waals surface area contributed by atoms with Crippen LogP contribution in [0.15, 0.2) is 30.3 Å². The molecule has 16 heavy (non-hydrogen) atoms. The molecule has 82 valence electrons. The molecule has 0 saturated heterocycles. The summed E-state index contributed by atoms with van der Waals surface area (Å²) in [5.74, 6) is -0.344. The second-order valence-electron chi connectivity index (χ2n) is 3.66. The van der Waals surface area contributed by atoms with E-state index in [1.807, 2.05) is 13.0 Å². The van der Waals surface area contributed by atoms with E-state index >= 15 is 0 Å². The third kappa shape index (κ3) is 1.69. The molecule has 0 bridgehead atoms. The molecule has 0 unspecified atom stereocenters. The van der Waals surface area contributed by atoms with Crippen molar-refractivity contribution in [3.8, 4) is 5.75 Å². The molecule has 0 saturated carbocycles. The summed E-state index contributed by atoms with van der Waals surface area (Å²) in [5.41, 5.74) is 1.79.